The molecule has 0 atom stereocenters. The van der Waals surface area contributed by atoms with Crippen molar-refractivity contribution in [3.63, 3.8) is 0 Å². The summed E-state index contributed by atoms with van der Waals surface area (Å²) in [4.78, 5) is 14.3. The highest BCUT2D eigenvalue weighted by molar-refractivity contribution is 5.76. The number of hydrogen-bond donors (Lipinski definition) is 0. The van der Waals surface area contributed by atoms with Crippen molar-refractivity contribution in [3.05, 3.63) is 41.2 Å². The Kier molecular flexibility index (Phi) is 3.68. The van der Waals surface area contributed by atoms with Gasteiger partial charge in [-0.05, 0) is 39.0 Å². The van der Waals surface area contributed by atoms with Gasteiger partial charge in [-0.1, -0.05) is 39.0 Å². The minimum Gasteiger partial charge on any atom is -0.336 e. The Bertz CT molecular complexity index is 672. The molecule has 1 aromatic carbocycles. The smallest absolute Gasteiger partial charge is 0.244 e. The molecule has 6 nitrogen and oxygen atoms in total. The van der Waals surface area contributed by atoms with Gasteiger partial charge in [-0.2, -0.15) is 0 Å². The number of carbonyl (C=O) groups is 1. The van der Waals surface area contributed by atoms with Crippen LogP contribution in [0.1, 0.15) is 37.5 Å². The maximum absolute atomic E-state index is 12.4. The minimum atomic E-state index is 0.0547. The highest BCUT2D eigenvalue weighted by Crippen LogP contribution is 2.27. The number of tetrazole rings is 1. The van der Waals surface area contributed by atoms with Gasteiger partial charge in [0.2, 0.25) is 5.91 Å². The Morgan fingerprint density at radius 2 is 2.09 bits per heavy atom. The molecule has 22 heavy (non-hydrogen) atoms. The number of rotatable bonds is 2. The van der Waals surface area contributed by atoms with E-state index in [1.165, 1.54) is 27.7 Å². The zero-order chi connectivity index (χ0) is 15.7. The first-order chi connectivity index (χ1) is 10.4. The van der Waals surface area contributed by atoms with E-state index in [1.807, 2.05) is 4.90 Å². The van der Waals surface area contributed by atoms with Crippen LogP contribution in [0.15, 0.2) is 24.5 Å². The van der Waals surface area contributed by atoms with Crippen molar-refractivity contribution >= 4 is 5.91 Å². The van der Waals surface area contributed by atoms with Gasteiger partial charge in [0.1, 0.15) is 12.9 Å². The van der Waals surface area contributed by atoms with E-state index in [0.29, 0.717) is 6.54 Å². The van der Waals surface area contributed by atoms with Gasteiger partial charge >= 0.3 is 0 Å². The topological polar surface area (TPSA) is 63.9 Å². The summed E-state index contributed by atoms with van der Waals surface area (Å²) in [6.07, 6.45) is 2.37. The Morgan fingerprint density at radius 3 is 2.77 bits per heavy atom. The zero-order valence-corrected chi connectivity index (χ0v) is 13.3. The van der Waals surface area contributed by atoms with Crippen LogP contribution in [0.4, 0.5) is 0 Å². The van der Waals surface area contributed by atoms with Gasteiger partial charge in [-0.15, -0.1) is 5.10 Å². The molecule has 1 amide bonds. The lowest BCUT2D eigenvalue weighted by molar-refractivity contribution is -0.133. The summed E-state index contributed by atoms with van der Waals surface area (Å²) in [5.74, 6) is 0.0547. The van der Waals surface area contributed by atoms with Crippen LogP contribution in [-0.2, 0) is 29.7 Å². The van der Waals surface area contributed by atoms with Gasteiger partial charge in [0.25, 0.3) is 0 Å². The standard InChI is InChI=1S/C16H21N5O/c1-16(2,3)14-5-4-12-6-7-20(9-13(12)8-14)15(22)10-21-11-17-18-19-21/h4-5,8,11H,6-7,9-10H2,1-3H3. The summed E-state index contributed by atoms with van der Waals surface area (Å²) in [6.45, 7) is 8.24. The number of carbonyl (C=O) groups excluding carboxylic acids is 1. The normalized spacial score (nSPS) is 14.8. The van der Waals surface area contributed by atoms with E-state index in [2.05, 4.69) is 54.5 Å². The van der Waals surface area contributed by atoms with Crippen LogP contribution < -0.4 is 0 Å². The second kappa shape index (κ2) is 5.51. The zero-order valence-electron chi connectivity index (χ0n) is 13.3. The van der Waals surface area contributed by atoms with E-state index in [9.17, 15) is 4.79 Å². The highest BCUT2D eigenvalue weighted by atomic mass is 16.2. The summed E-state index contributed by atoms with van der Waals surface area (Å²) in [6, 6.07) is 6.66. The molecule has 0 spiro atoms. The van der Waals surface area contributed by atoms with Crippen molar-refractivity contribution in [1.82, 2.24) is 25.1 Å². The third-order valence-electron chi connectivity index (χ3n) is 4.13. The van der Waals surface area contributed by atoms with Crippen molar-refractivity contribution in [1.29, 1.82) is 0 Å². The van der Waals surface area contributed by atoms with Gasteiger partial charge in [-0.3, -0.25) is 4.79 Å². The average Bonchev–Trinajstić information content (AvgIpc) is 2.98. The van der Waals surface area contributed by atoms with Crippen LogP contribution in [0.2, 0.25) is 0 Å². The largest absolute Gasteiger partial charge is 0.336 e. The van der Waals surface area contributed by atoms with Crippen LogP contribution in [0, 0.1) is 0 Å². The first kappa shape index (κ1) is 14.7. The van der Waals surface area contributed by atoms with Crippen LogP contribution in [0.25, 0.3) is 0 Å². The number of benzene rings is 1. The lowest BCUT2D eigenvalue weighted by Crippen LogP contribution is -2.38. The molecule has 1 aliphatic heterocycles. The predicted molar refractivity (Wildman–Crippen MR) is 82.1 cm³/mol. The second-order valence-corrected chi connectivity index (χ2v) is 6.81. The lowest BCUT2D eigenvalue weighted by Gasteiger charge is -2.30. The first-order valence-electron chi connectivity index (χ1n) is 7.54. The van der Waals surface area contributed by atoms with Crippen molar-refractivity contribution < 1.29 is 4.79 Å². The summed E-state index contributed by atoms with van der Waals surface area (Å²) in [5, 5.41) is 10.9. The quantitative estimate of drug-likeness (QED) is 0.844. The fourth-order valence-electron chi connectivity index (χ4n) is 2.73. The minimum absolute atomic E-state index is 0.0547. The van der Waals surface area contributed by atoms with Crippen molar-refractivity contribution in [3.8, 4) is 0 Å². The fourth-order valence-corrected chi connectivity index (χ4v) is 2.73. The fraction of sp³-hybridized carbons (Fsp3) is 0.500. The first-order valence-corrected chi connectivity index (χ1v) is 7.54. The van der Waals surface area contributed by atoms with E-state index in [0.717, 1.165) is 13.0 Å². The predicted octanol–water partition coefficient (Wildman–Crippen LogP) is 1.56. The molecule has 116 valence electrons. The molecular formula is C16H21N5O. The Hall–Kier alpha value is -2.24. The van der Waals surface area contributed by atoms with Gasteiger partial charge in [0.05, 0.1) is 0 Å². The summed E-state index contributed by atoms with van der Waals surface area (Å²) in [5.41, 5.74) is 4.03. The Balaban J connectivity index is 1.76. The van der Waals surface area contributed by atoms with Gasteiger partial charge < -0.3 is 4.90 Å². The molecule has 0 bridgehead atoms. The van der Waals surface area contributed by atoms with Gasteiger partial charge in [0.15, 0.2) is 0 Å². The summed E-state index contributed by atoms with van der Waals surface area (Å²) < 4.78 is 1.46. The Labute approximate surface area is 130 Å². The van der Waals surface area contributed by atoms with E-state index in [4.69, 9.17) is 0 Å². The molecule has 6 heteroatoms. The third-order valence-corrected chi connectivity index (χ3v) is 4.13. The maximum atomic E-state index is 12.4. The number of aromatic nitrogens is 4. The molecule has 0 radical (unpaired) electrons. The van der Waals surface area contributed by atoms with E-state index in [1.54, 1.807) is 0 Å². The monoisotopic (exact) mass is 299 g/mol. The molecule has 0 unspecified atom stereocenters. The van der Waals surface area contributed by atoms with Crippen LogP contribution in [-0.4, -0.2) is 37.6 Å². The molecule has 0 saturated carbocycles. The van der Waals surface area contributed by atoms with E-state index < -0.39 is 0 Å². The van der Waals surface area contributed by atoms with Crippen LogP contribution >= 0.6 is 0 Å². The second-order valence-electron chi connectivity index (χ2n) is 6.81. The van der Waals surface area contributed by atoms with E-state index >= 15 is 0 Å². The molecule has 0 N–H and O–H groups in total. The molecular weight excluding hydrogens is 278 g/mol. The Morgan fingerprint density at radius 1 is 1.27 bits per heavy atom. The number of amides is 1. The van der Waals surface area contributed by atoms with Gasteiger partial charge in [-0.25, -0.2) is 4.68 Å². The van der Waals surface area contributed by atoms with Crippen molar-refractivity contribution in [2.75, 3.05) is 6.54 Å². The van der Waals surface area contributed by atoms with Crippen LogP contribution in [0.5, 0.6) is 0 Å². The molecule has 2 heterocycles. The maximum Gasteiger partial charge on any atom is 0.244 e. The summed E-state index contributed by atoms with van der Waals surface area (Å²) in [7, 11) is 0. The third kappa shape index (κ3) is 3.00. The van der Waals surface area contributed by atoms with Gasteiger partial charge in [0, 0.05) is 13.1 Å². The molecule has 1 aliphatic rings. The van der Waals surface area contributed by atoms with Crippen molar-refractivity contribution in [2.24, 2.45) is 0 Å². The number of fused-ring (bicyclic) bond motifs is 1. The van der Waals surface area contributed by atoms with Crippen molar-refractivity contribution in [2.45, 2.75) is 45.7 Å². The van der Waals surface area contributed by atoms with Crippen LogP contribution in [0.3, 0.4) is 0 Å². The molecule has 3 rings (SSSR count). The van der Waals surface area contributed by atoms with E-state index in [-0.39, 0.29) is 17.9 Å². The molecule has 0 fully saturated rings. The molecule has 1 aromatic heterocycles. The SMILES string of the molecule is CC(C)(C)c1ccc2c(c1)CN(C(=O)Cn1cnnn1)CC2. The molecule has 2 aromatic rings. The summed E-state index contributed by atoms with van der Waals surface area (Å²) >= 11 is 0. The molecule has 0 saturated heterocycles. The highest BCUT2D eigenvalue weighted by Gasteiger charge is 2.23. The number of hydrogen-bond acceptors (Lipinski definition) is 4. The number of nitrogens with zero attached hydrogens (tertiary/aromatic N) is 5. The lowest BCUT2D eigenvalue weighted by atomic mass is 9.84. The average molecular weight is 299 g/mol. The molecule has 0 aliphatic carbocycles.